The van der Waals surface area contributed by atoms with Gasteiger partial charge >= 0.3 is 0 Å². The summed E-state index contributed by atoms with van der Waals surface area (Å²) >= 11 is 3.63. The van der Waals surface area contributed by atoms with Gasteiger partial charge in [0, 0.05) is 10.5 Å². The molecule has 1 nitrogen and oxygen atoms in total. The van der Waals surface area contributed by atoms with E-state index in [0.29, 0.717) is 6.04 Å². The van der Waals surface area contributed by atoms with Gasteiger partial charge in [0.2, 0.25) is 0 Å². The van der Waals surface area contributed by atoms with Gasteiger partial charge in [0.1, 0.15) is 0 Å². The molecule has 2 heteroatoms. The molecule has 2 rings (SSSR count). The van der Waals surface area contributed by atoms with Crippen molar-refractivity contribution in [1.82, 2.24) is 5.32 Å². The molecule has 1 fully saturated rings. The van der Waals surface area contributed by atoms with E-state index in [0.717, 1.165) is 6.42 Å². The van der Waals surface area contributed by atoms with Gasteiger partial charge in [-0.1, -0.05) is 40.0 Å². The van der Waals surface area contributed by atoms with E-state index in [1.807, 2.05) is 0 Å². The Labute approximate surface area is 100 Å². The second kappa shape index (κ2) is 5.13. The van der Waals surface area contributed by atoms with Crippen molar-refractivity contribution in [3.8, 4) is 0 Å². The third-order valence-electron chi connectivity index (χ3n) is 3.08. The average molecular weight is 268 g/mol. The number of halogens is 1. The van der Waals surface area contributed by atoms with Gasteiger partial charge in [-0.3, -0.25) is 0 Å². The number of aryl methyl sites for hydroxylation is 1. The Morgan fingerprint density at radius 1 is 1.40 bits per heavy atom. The van der Waals surface area contributed by atoms with Gasteiger partial charge in [0.25, 0.3) is 0 Å². The largest absolute Gasteiger partial charge is 0.314 e. The zero-order valence-electron chi connectivity index (χ0n) is 9.22. The lowest BCUT2D eigenvalue weighted by atomic mass is 9.97. The zero-order valence-corrected chi connectivity index (χ0v) is 10.8. The highest BCUT2D eigenvalue weighted by Crippen LogP contribution is 2.21. The molecule has 82 valence electrons. The van der Waals surface area contributed by atoms with Gasteiger partial charge in [0.15, 0.2) is 0 Å². The van der Waals surface area contributed by atoms with Crippen LogP contribution in [0.5, 0.6) is 0 Å². The molecular formula is C13H18BrN. The topological polar surface area (TPSA) is 12.0 Å². The number of piperidine rings is 1. The van der Waals surface area contributed by atoms with Crippen molar-refractivity contribution >= 4 is 15.9 Å². The van der Waals surface area contributed by atoms with Gasteiger partial charge in [-0.05, 0) is 44.4 Å². The Hall–Kier alpha value is -0.340. The van der Waals surface area contributed by atoms with E-state index in [-0.39, 0.29) is 0 Å². The lowest BCUT2D eigenvalue weighted by Gasteiger charge is -2.24. The molecule has 1 aliphatic heterocycles. The minimum atomic E-state index is 0.678. The van der Waals surface area contributed by atoms with E-state index in [1.54, 1.807) is 0 Å². The highest BCUT2D eigenvalue weighted by molar-refractivity contribution is 9.10. The molecule has 1 N–H and O–H groups in total. The average Bonchev–Trinajstić information content (AvgIpc) is 2.25. The fourth-order valence-corrected chi connectivity index (χ4v) is 2.63. The number of hydrogen-bond acceptors (Lipinski definition) is 1. The number of benzene rings is 1. The van der Waals surface area contributed by atoms with Crippen LogP contribution in [0.25, 0.3) is 0 Å². The molecule has 1 unspecified atom stereocenters. The van der Waals surface area contributed by atoms with E-state index in [2.05, 4.69) is 46.4 Å². The summed E-state index contributed by atoms with van der Waals surface area (Å²) in [5, 5.41) is 3.59. The van der Waals surface area contributed by atoms with Gasteiger partial charge in [-0.25, -0.2) is 0 Å². The van der Waals surface area contributed by atoms with Crippen molar-refractivity contribution < 1.29 is 0 Å². The lowest BCUT2D eigenvalue weighted by Crippen LogP contribution is -2.35. The second-order valence-electron chi connectivity index (χ2n) is 4.45. The summed E-state index contributed by atoms with van der Waals surface area (Å²) in [6, 6.07) is 7.28. The Kier molecular flexibility index (Phi) is 3.81. The van der Waals surface area contributed by atoms with Crippen molar-refractivity contribution in [2.75, 3.05) is 6.54 Å². The summed E-state index contributed by atoms with van der Waals surface area (Å²) in [5.74, 6) is 0. The number of nitrogens with one attached hydrogen (secondary N) is 1. The Morgan fingerprint density at radius 2 is 2.27 bits per heavy atom. The zero-order chi connectivity index (χ0) is 10.7. The van der Waals surface area contributed by atoms with Gasteiger partial charge < -0.3 is 5.32 Å². The predicted molar refractivity (Wildman–Crippen MR) is 68.2 cm³/mol. The summed E-state index contributed by atoms with van der Waals surface area (Å²) in [5.41, 5.74) is 2.79. The standard InChI is InChI=1S/C13H18BrN/c1-10-5-6-13(14)11(8-10)9-12-4-2-3-7-15-12/h5-6,8,12,15H,2-4,7,9H2,1H3. The molecule has 1 heterocycles. The van der Waals surface area contributed by atoms with Crippen LogP contribution in [0.15, 0.2) is 22.7 Å². The molecule has 0 bridgehead atoms. The summed E-state index contributed by atoms with van der Waals surface area (Å²) in [6.45, 7) is 3.35. The predicted octanol–water partition coefficient (Wildman–Crippen LogP) is 3.44. The van der Waals surface area contributed by atoms with Crippen LogP contribution in [0.3, 0.4) is 0 Å². The SMILES string of the molecule is Cc1ccc(Br)c(CC2CCCCN2)c1. The van der Waals surface area contributed by atoms with Gasteiger partial charge in [-0.2, -0.15) is 0 Å². The van der Waals surface area contributed by atoms with Crippen LogP contribution in [0, 0.1) is 6.92 Å². The second-order valence-corrected chi connectivity index (χ2v) is 5.30. The molecule has 0 spiro atoms. The fraction of sp³-hybridized carbons (Fsp3) is 0.538. The third kappa shape index (κ3) is 3.05. The van der Waals surface area contributed by atoms with E-state index >= 15 is 0 Å². The maximum Gasteiger partial charge on any atom is 0.0208 e. The molecule has 1 atom stereocenters. The van der Waals surface area contributed by atoms with Crippen molar-refractivity contribution in [2.45, 2.75) is 38.6 Å². The Balaban J connectivity index is 2.05. The molecule has 0 aliphatic carbocycles. The monoisotopic (exact) mass is 267 g/mol. The van der Waals surface area contributed by atoms with E-state index in [9.17, 15) is 0 Å². The fourth-order valence-electron chi connectivity index (χ4n) is 2.22. The van der Waals surface area contributed by atoms with Crippen LogP contribution < -0.4 is 5.32 Å². The highest BCUT2D eigenvalue weighted by Gasteiger charge is 2.14. The van der Waals surface area contributed by atoms with Gasteiger partial charge in [-0.15, -0.1) is 0 Å². The third-order valence-corrected chi connectivity index (χ3v) is 3.85. The summed E-state index contributed by atoms with van der Waals surface area (Å²) in [7, 11) is 0. The maximum atomic E-state index is 3.63. The molecule has 15 heavy (non-hydrogen) atoms. The van der Waals surface area contributed by atoms with Crippen LogP contribution in [0.4, 0.5) is 0 Å². The molecule has 1 aromatic rings. The Bertz CT molecular complexity index is 329. The first-order valence-corrected chi connectivity index (χ1v) is 6.53. The van der Waals surface area contributed by atoms with Crippen molar-refractivity contribution in [3.63, 3.8) is 0 Å². The molecule has 0 aromatic heterocycles. The molecule has 0 radical (unpaired) electrons. The van der Waals surface area contributed by atoms with Crippen LogP contribution in [0.2, 0.25) is 0 Å². The number of hydrogen-bond donors (Lipinski definition) is 1. The first-order valence-electron chi connectivity index (χ1n) is 5.74. The Morgan fingerprint density at radius 3 is 3.00 bits per heavy atom. The minimum absolute atomic E-state index is 0.678. The van der Waals surface area contributed by atoms with Crippen molar-refractivity contribution in [2.24, 2.45) is 0 Å². The minimum Gasteiger partial charge on any atom is -0.314 e. The van der Waals surface area contributed by atoms with Crippen LogP contribution in [0.1, 0.15) is 30.4 Å². The van der Waals surface area contributed by atoms with Crippen molar-refractivity contribution in [1.29, 1.82) is 0 Å². The first kappa shape index (κ1) is 11.2. The van der Waals surface area contributed by atoms with E-state index in [4.69, 9.17) is 0 Å². The van der Waals surface area contributed by atoms with Crippen LogP contribution in [-0.4, -0.2) is 12.6 Å². The molecule has 0 amide bonds. The molecule has 1 aromatic carbocycles. The molecular weight excluding hydrogens is 250 g/mol. The first-order chi connectivity index (χ1) is 7.25. The maximum absolute atomic E-state index is 3.63. The highest BCUT2D eigenvalue weighted by atomic mass is 79.9. The van der Waals surface area contributed by atoms with E-state index < -0.39 is 0 Å². The lowest BCUT2D eigenvalue weighted by molar-refractivity contribution is 0.399. The number of rotatable bonds is 2. The molecule has 1 saturated heterocycles. The normalized spacial score (nSPS) is 21.6. The quantitative estimate of drug-likeness (QED) is 0.866. The molecule has 1 aliphatic rings. The van der Waals surface area contributed by atoms with E-state index in [1.165, 1.54) is 41.4 Å². The van der Waals surface area contributed by atoms with Gasteiger partial charge in [0.05, 0.1) is 0 Å². The van der Waals surface area contributed by atoms with Crippen molar-refractivity contribution in [3.05, 3.63) is 33.8 Å². The molecule has 0 saturated carbocycles. The summed E-state index contributed by atoms with van der Waals surface area (Å²) in [6.07, 6.45) is 5.19. The van der Waals surface area contributed by atoms with Crippen LogP contribution in [-0.2, 0) is 6.42 Å². The van der Waals surface area contributed by atoms with Crippen LogP contribution >= 0.6 is 15.9 Å². The summed E-state index contributed by atoms with van der Waals surface area (Å²) in [4.78, 5) is 0. The summed E-state index contributed by atoms with van der Waals surface area (Å²) < 4.78 is 1.25. The smallest absolute Gasteiger partial charge is 0.0208 e.